The number of ether oxygens (including phenoxy) is 3. The van der Waals surface area contributed by atoms with Crippen molar-refractivity contribution in [2.75, 3.05) is 14.2 Å². The molecule has 1 aromatic rings. The van der Waals surface area contributed by atoms with Gasteiger partial charge >= 0.3 is 27.6 Å². The number of esters is 2. The van der Waals surface area contributed by atoms with Crippen molar-refractivity contribution < 1.29 is 49.6 Å². The third kappa shape index (κ3) is 5.00. The molecular weight excluding hydrogens is 457 g/mol. The van der Waals surface area contributed by atoms with E-state index in [1.807, 2.05) is 0 Å². The summed E-state index contributed by atoms with van der Waals surface area (Å²) < 4.78 is 81.9. The van der Waals surface area contributed by atoms with Crippen molar-refractivity contribution in [2.45, 2.75) is 45.7 Å². The lowest BCUT2D eigenvalue weighted by atomic mass is 9.94. The molecule has 1 heterocycles. The van der Waals surface area contributed by atoms with Gasteiger partial charge < -0.3 is 18.4 Å². The predicted octanol–water partition coefficient (Wildman–Crippen LogP) is 3.59. The molecule has 0 saturated heterocycles. The molecule has 0 radical (unpaired) electrons. The van der Waals surface area contributed by atoms with Gasteiger partial charge in [0.25, 0.3) is 0 Å². The maximum Gasteiger partial charge on any atom is 0.534 e. The smallest absolute Gasteiger partial charge is 0.496 e. The van der Waals surface area contributed by atoms with E-state index in [-0.39, 0.29) is 41.9 Å². The first-order chi connectivity index (χ1) is 14.7. The molecule has 0 aromatic heterocycles. The Labute approximate surface area is 183 Å². The first kappa shape index (κ1) is 25.5. The summed E-state index contributed by atoms with van der Waals surface area (Å²) >= 11 is 0. The number of methoxy groups -OCH3 is 2. The zero-order valence-electron chi connectivity index (χ0n) is 18.1. The van der Waals surface area contributed by atoms with Gasteiger partial charge in [0.2, 0.25) is 0 Å². The second-order valence-electron chi connectivity index (χ2n) is 7.26. The summed E-state index contributed by atoms with van der Waals surface area (Å²) in [6, 6.07) is 0. The fraction of sp³-hybridized carbons (Fsp3) is 0.500. The molecule has 0 unspecified atom stereocenters. The Morgan fingerprint density at radius 1 is 1.25 bits per heavy atom. The number of benzene rings is 1. The molecule has 0 fully saturated rings. The molecule has 0 amide bonds. The molecule has 0 bridgehead atoms. The summed E-state index contributed by atoms with van der Waals surface area (Å²) in [5.74, 6) is -2.63. The fourth-order valence-electron chi connectivity index (χ4n) is 3.39. The molecule has 0 saturated carbocycles. The van der Waals surface area contributed by atoms with Crippen LogP contribution in [0.5, 0.6) is 11.5 Å². The normalized spacial score (nSPS) is 15.1. The molecule has 1 aliphatic heterocycles. The van der Waals surface area contributed by atoms with E-state index in [2.05, 4.69) is 8.92 Å². The number of carbonyl (C=O) groups excluding carboxylic acids is 2. The number of hydrogen-bond acceptors (Lipinski definition) is 8. The molecule has 1 aliphatic rings. The molecule has 0 aliphatic carbocycles. The third-order valence-electron chi connectivity index (χ3n) is 4.99. The van der Waals surface area contributed by atoms with Crippen LogP contribution in [0.4, 0.5) is 13.2 Å². The van der Waals surface area contributed by atoms with E-state index >= 15 is 0 Å². The third-order valence-corrected chi connectivity index (χ3v) is 5.94. The summed E-state index contributed by atoms with van der Waals surface area (Å²) in [5, 5.41) is 0. The van der Waals surface area contributed by atoms with Crippen molar-refractivity contribution in [3.63, 3.8) is 0 Å². The Balaban J connectivity index is 2.62. The van der Waals surface area contributed by atoms with Gasteiger partial charge in [0.1, 0.15) is 17.9 Å². The van der Waals surface area contributed by atoms with Crippen LogP contribution >= 0.6 is 0 Å². The van der Waals surface area contributed by atoms with E-state index in [9.17, 15) is 31.2 Å². The van der Waals surface area contributed by atoms with Crippen molar-refractivity contribution in [1.29, 1.82) is 0 Å². The standard InChI is InChI=1S/C20H23F3O8S/c1-10(8-11(2)18(24)29-5)6-7-13-16(28-4)12(3)14-9-30-19(25)15(14)17(13)31-32(26,27)20(21,22)23/h6,11H,7-9H2,1-5H3/b10-6+/t11-/m0/s1. The van der Waals surface area contributed by atoms with E-state index in [0.717, 1.165) is 0 Å². The molecule has 0 N–H and O–H groups in total. The van der Waals surface area contributed by atoms with E-state index in [0.29, 0.717) is 11.1 Å². The molecule has 1 aromatic carbocycles. The van der Waals surface area contributed by atoms with Crippen LogP contribution in [-0.2, 0) is 37.4 Å². The number of carbonyl (C=O) groups is 2. The Morgan fingerprint density at radius 3 is 2.41 bits per heavy atom. The van der Waals surface area contributed by atoms with E-state index in [1.54, 1.807) is 26.8 Å². The Hall–Kier alpha value is -2.76. The van der Waals surface area contributed by atoms with Crippen LogP contribution in [0.2, 0.25) is 0 Å². The van der Waals surface area contributed by atoms with Crippen LogP contribution in [0, 0.1) is 12.8 Å². The highest BCUT2D eigenvalue weighted by atomic mass is 32.2. The van der Waals surface area contributed by atoms with Crippen molar-refractivity contribution in [2.24, 2.45) is 5.92 Å². The Kier molecular flexibility index (Phi) is 7.48. The fourth-order valence-corrected chi connectivity index (χ4v) is 3.88. The van der Waals surface area contributed by atoms with Gasteiger partial charge in [0.15, 0.2) is 5.75 Å². The van der Waals surface area contributed by atoms with Crippen LogP contribution in [0.1, 0.15) is 47.3 Å². The first-order valence-corrected chi connectivity index (χ1v) is 10.8. The number of alkyl halides is 3. The summed E-state index contributed by atoms with van der Waals surface area (Å²) in [7, 11) is -3.57. The second-order valence-corrected chi connectivity index (χ2v) is 8.80. The number of halogens is 3. The van der Waals surface area contributed by atoms with Crippen molar-refractivity contribution >= 4 is 22.1 Å². The maximum atomic E-state index is 13.0. The first-order valence-electron chi connectivity index (χ1n) is 9.38. The molecule has 178 valence electrons. The summed E-state index contributed by atoms with van der Waals surface area (Å²) in [6.07, 6.45) is 1.74. The van der Waals surface area contributed by atoms with Crippen LogP contribution < -0.4 is 8.92 Å². The number of allylic oxidation sites excluding steroid dienone is 2. The highest BCUT2D eigenvalue weighted by Gasteiger charge is 2.50. The summed E-state index contributed by atoms with van der Waals surface area (Å²) in [6.45, 7) is 4.64. The lowest BCUT2D eigenvalue weighted by Crippen LogP contribution is -2.29. The quantitative estimate of drug-likeness (QED) is 0.241. The van der Waals surface area contributed by atoms with Crippen molar-refractivity contribution in [3.8, 4) is 11.5 Å². The second kappa shape index (κ2) is 9.39. The van der Waals surface area contributed by atoms with Gasteiger partial charge in [-0.2, -0.15) is 21.6 Å². The molecule has 1 atom stereocenters. The zero-order valence-corrected chi connectivity index (χ0v) is 18.9. The Bertz CT molecular complexity index is 1060. The maximum absolute atomic E-state index is 13.0. The minimum absolute atomic E-state index is 0.0690. The largest absolute Gasteiger partial charge is 0.534 e. The van der Waals surface area contributed by atoms with Crippen LogP contribution in [0.25, 0.3) is 0 Å². The topological polar surface area (TPSA) is 105 Å². The van der Waals surface area contributed by atoms with Crippen molar-refractivity contribution in [1.82, 2.24) is 0 Å². The van der Waals surface area contributed by atoms with Gasteiger partial charge in [0, 0.05) is 11.1 Å². The molecule has 8 nitrogen and oxygen atoms in total. The van der Waals surface area contributed by atoms with Gasteiger partial charge in [-0.15, -0.1) is 0 Å². The van der Waals surface area contributed by atoms with Crippen LogP contribution in [-0.4, -0.2) is 40.1 Å². The van der Waals surface area contributed by atoms with E-state index in [1.165, 1.54) is 14.2 Å². The lowest BCUT2D eigenvalue weighted by Gasteiger charge is -2.19. The average Bonchev–Trinajstić information content (AvgIpc) is 3.08. The molecule has 32 heavy (non-hydrogen) atoms. The minimum atomic E-state index is -6.07. The zero-order chi connectivity index (χ0) is 24.4. The van der Waals surface area contributed by atoms with E-state index < -0.39 is 39.2 Å². The predicted molar refractivity (Wildman–Crippen MR) is 106 cm³/mol. The number of rotatable bonds is 8. The molecule has 0 spiro atoms. The molecule has 12 heteroatoms. The van der Waals surface area contributed by atoms with Gasteiger partial charge in [-0.05, 0) is 32.3 Å². The molecule has 2 rings (SSSR count). The van der Waals surface area contributed by atoms with Crippen LogP contribution in [0.15, 0.2) is 11.6 Å². The SMILES string of the molecule is COC(=O)[C@@H](C)C/C(C)=C/Cc1c(OC)c(C)c2c(c1OS(=O)(=O)C(F)(F)F)C(=O)OC2. The van der Waals surface area contributed by atoms with Crippen molar-refractivity contribution in [3.05, 3.63) is 33.9 Å². The van der Waals surface area contributed by atoms with Gasteiger partial charge in [-0.1, -0.05) is 18.6 Å². The molecular formula is C20H23F3O8S. The van der Waals surface area contributed by atoms with Gasteiger partial charge in [-0.3, -0.25) is 4.79 Å². The lowest BCUT2D eigenvalue weighted by molar-refractivity contribution is -0.144. The highest BCUT2D eigenvalue weighted by molar-refractivity contribution is 7.88. The summed E-state index contributed by atoms with van der Waals surface area (Å²) in [4.78, 5) is 23.9. The highest BCUT2D eigenvalue weighted by Crippen LogP contribution is 2.44. The number of cyclic esters (lactones) is 1. The van der Waals surface area contributed by atoms with E-state index in [4.69, 9.17) is 9.47 Å². The number of hydrogen-bond donors (Lipinski definition) is 0. The number of fused-ring (bicyclic) bond motifs is 1. The van der Waals surface area contributed by atoms with Crippen LogP contribution in [0.3, 0.4) is 0 Å². The summed E-state index contributed by atoms with van der Waals surface area (Å²) in [5.41, 5.74) is -4.90. The Morgan fingerprint density at radius 2 is 1.88 bits per heavy atom. The van der Waals surface area contributed by atoms with Gasteiger partial charge in [-0.25, -0.2) is 4.79 Å². The van der Waals surface area contributed by atoms with Gasteiger partial charge in [0.05, 0.1) is 20.1 Å². The average molecular weight is 480 g/mol. The minimum Gasteiger partial charge on any atom is -0.496 e. The monoisotopic (exact) mass is 480 g/mol.